The maximum atomic E-state index is 14.4. The molecule has 3 saturated heterocycles. The average Bonchev–Trinajstić information content (AvgIpc) is 3.18. The fraction of sp³-hybridized carbons (Fsp3) is 0.837. The Hall–Kier alpha value is -1.55. The van der Waals surface area contributed by atoms with E-state index in [1.54, 1.807) is 48.5 Å². The molecule has 1 aromatic rings. The van der Waals surface area contributed by atoms with Crippen molar-refractivity contribution in [2.24, 2.45) is 23.7 Å². The standard InChI is InChI=1S/C43H73ClN2O14S/c1-14-31-43(10,52)36(48)24(4)33(45-61(53,54)29-17-15-28(44)16-18-29)22(2)20-41(8,51)38(60-40-34(47)30(46(11)12)19-23(3)56-40)25(5)35(26(6)39(50)58-31)59-32-21-42(9,55-13)37(49)27(7)57-32/h15-18,22-27,30-38,40,45,47-49,51-52H,14,19-21H2,1-13H3/t22-,23-,24+,25+,26-,27+,30+,31?,32+,33+,34-,35?,36-,37+,38-,40+,41-,42-,43-/m1/s1. The van der Waals surface area contributed by atoms with Gasteiger partial charge >= 0.3 is 5.97 Å². The highest BCUT2D eigenvalue weighted by Gasteiger charge is 2.54. The molecule has 3 aliphatic rings. The van der Waals surface area contributed by atoms with Crippen molar-refractivity contribution in [1.29, 1.82) is 0 Å². The van der Waals surface area contributed by atoms with E-state index >= 15 is 0 Å². The van der Waals surface area contributed by atoms with Crippen LogP contribution >= 0.6 is 11.6 Å². The van der Waals surface area contributed by atoms with E-state index in [-0.39, 0.29) is 36.3 Å². The highest BCUT2D eigenvalue weighted by atomic mass is 35.5. The topological polar surface area (TPSA) is 223 Å². The molecule has 0 radical (unpaired) electrons. The third-order valence-electron chi connectivity index (χ3n) is 13.5. The molecule has 0 saturated carbocycles. The van der Waals surface area contributed by atoms with Crippen molar-refractivity contribution in [1.82, 2.24) is 9.62 Å². The van der Waals surface area contributed by atoms with Gasteiger partial charge in [0.15, 0.2) is 12.6 Å². The van der Waals surface area contributed by atoms with Crippen molar-refractivity contribution in [3.63, 3.8) is 0 Å². The number of aliphatic hydroxyl groups excluding tert-OH is 3. The van der Waals surface area contributed by atoms with Crippen LogP contribution in [0.2, 0.25) is 5.02 Å². The van der Waals surface area contributed by atoms with E-state index in [0.29, 0.717) is 11.4 Å². The smallest absolute Gasteiger partial charge is 0.311 e. The van der Waals surface area contributed by atoms with Gasteiger partial charge in [-0.2, -0.15) is 0 Å². The van der Waals surface area contributed by atoms with E-state index in [1.807, 2.05) is 25.9 Å². The van der Waals surface area contributed by atoms with Gasteiger partial charge in [0.05, 0.1) is 52.5 Å². The third kappa shape index (κ3) is 11.6. The molecule has 61 heavy (non-hydrogen) atoms. The molecule has 0 spiro atoms. The van der Waals surface area contributed by atoms with Gasteiger partial charge in [0.1, 0.15) is 23.9 Å². The van der Waals surface area contributed by atoms with Crippen LogP contribution in [0.3, 0.4) is 0 Å². The lowest BCUT2D eigenvalue weighted by molar-refractivity contribution is -0.318. The van der Waals surface area contributed by atoms with Crippen LogP contribution in [-0.4, -0.2) is 156 Å². The van der Waals surface area contributed by atoms with Crippen molar-refractivity contribution in [2.45, 2.75) is 190 Å². The molecule has 3 aliphatic heterocycles. The first-order chi connectivity index (χ1) is 28.1. The molecule has 6 N–H and O–H groups in total. The summed E-state index contributed by atoms with van der Waals surface area (Å²) in [5, 5.41) is 60.0. The van der Waals surface area contributed by atoms with Crippen LogP contribution in [0.1, 0.15) is 94.9 Å². The Labute approximate surface area is 367 Å². The number of rotatable bonds is 10. The molecule has 3 fully saturated rings. The van der Waals surface area contributed by atoms with Gasteiger partial charge in [-0.1, -0.05) is 39.3 Å². The van der Waals surface area contributed by atoms with Crippen LogP contribution in [0, 0.1) is 23.7 Å². The second kappa shape index (κ2) is 20.3. The van der Waals surface area contributed by atoms with Gasteiger partial charge in [0, 0.05) is 42.5 Å². The molecule has 0 bridgehead atoms. The van der Waals surface area contributed by atoms with E-state index in [2.05, 4.69) is 4.72 Å². The summed E-state index contributed by atoms with van der Waals surface area (Å²) < 4.78 is 68.4. The lowest BCUT2D eigenvalue weighted by atomic mass is 9.72. The number of nitrogens with one attached hydrogen (secondary N) is 1. The Morgan fingerprint density at radius 1 is 0.918 bits per heavy atom. The van der Waals surface area contributed by atoms with E-state index in [1.165, 1.54) is 45.2 Å². The second-order valence-corrected chi connectivity index (χ2v) is 21.0. The minimum atomic E-state index is -4.29. The molecule has 0 aromatic heterocycles. The Morgan fingerprint density at radius 2 is 1.52 bits per heavy atom. The highest BCUT2D eigenvalue weighted by Crippen LogP contribution is 2.41. The van der Waals surface area contributed by atoms with Gasteiger partial charge < -0.3 is 58.9 Å². The number of carbonyl (C=O) groups is 1. The zero-order valence-electron chi connectivity index (χ0n) is 38.0. The number of aliphatic hydroxyl groups is 5. The number of likely N-dealkylation sites (N-methyl/N-ethyl adjacent to an activating group) is 1. The summed E-state index contributed by atoms with van der Waals surface area (Å²) in [6.45, 7) is 16.4. The van der Waals surface area contributed by atoms with Crippen LogP contribution in [0.25, 0.3) is 0 Å². The van der Waals surface area contributed by atoms with Crippen LogP contribution in [0.4, 0.5) is 0 Å². The molecule has 0 aliphatic carbocycles. The lowest BCUT2D eigenvalue weighted by Gasteiger charge is -2.49. The maximum Gasteiger partial charge on any atom is 0.311 e. The average molecular weight is 910 g/mol. The van der Waals surface area contributed by atoms with E-state index in [4.69, 9.17) is 40.0 Å². The van der Waals surface area contributed by atoms with Gasteiger partial charge in [-0.3, -0.25) is 4.79 Å². The molecule has 19 atom stereocenters. The number of benzene rings is 1. The monoisotopic (exact) mass is 908 g/mol. The zero-order chi connectivity index (χ0) is 46.2. The minimum absolute atomic E-state index is 0.0528. The van der Waals surface area contributed by atoms with Crippen molar-refractivity contribution >= 4 is 27.6 Å². The Bertz CT molecular complexity index is 1700. The Morgan fingerprint density at radius 3 is 2.08 bits per heavy atom. The number of carbonyl (C=O) groups excluding carboxylic acids is 1. The Kier molecular flexibility index (Phi) is 17.3. The third-order valence-corrected chi connectivity index (χ3v) is 15.2. The fourth-order valence-electron chi connectivity index (χ4n) is 9.69. The highest BCUT2D eigenvalue weighted by molar-refractivity contribution is 7.89. The summed E-state index contributed by atoms with van der Waals surface area (Å²) in [5.74, 6) is -4.67. The number of nitrogens with zero attached hydrogens (tertiary/aromatic N) is 1. The van der Waals surface area contributed by atoms with Gasteiger partial charge in [-0.15, -0.1) is 0 Å². The second-order valence-electron chi connectivity index (χ2n) is 18.8. The number of hydrogen-bond acceptors (Lipinski definition) is 15. The summed E-state index contributed by atoms with van der Waals surface area (Å²) in [7, 11) is 0.842. The predicted molar refractivity (Wildman–Crippen MR) is 227 cm³/mol. The Balaban J connectivity index is 1.91. The first-order valence-corrected chi connectivity index (χ1v) is 23.3. The summed E-state index contributed by atoms with van der Waals surface area (Å²) in [5.41, 5.74) is -5.09. The van der Waals surface area contributed by atoms with Gasteiger partial charge in [0.25, 0.3) is 0 Å². The zero-order valence-corrected chi connectivity index (χ0v) is 39.6. The molecule has 1 aromatic carbocycles. The molecular weight excluding hydrogens is 836 g/mol. The van der Waals surface area contributed by atoms with E-state index in [0.717, 1.165) is 0 Å². The summed E-state index contributed by atoms with van der Waals surface area (Å²) >= 11 is 6.08. The predicted octanol–water partition coefficient (Wildman–Crippen LogP) is 3.22. The van der Waals surface area contributed by atoms with Crippen molar-refractivity contribution in [2.75, 3.05) is 21.2 Å². The van der Waals surface area contributed by atoms with Crippen LogP contribution in [0.5, 0.6) is 0 Å². The lowest BCUT2D eigenvalue weighted by Crippen LogP contribution is -2.62. The summed E-state index contributed by atoms with van der Waals surface area (Å²) in [6, 6.07) is 4.03. The van der Waals surface area contributed by atoms with Crippen molar-refractivity contribution in [3.8, 4) is 0 Å². The quantitative estimate of drug-likeness (QED) is 0.186. The van der Waals surface area contributed by atoms with E-state index in [9.17, 15) is 38.7 Å². The normalized spacial score (nSPS) is 45.0. The molecule has 4 rings (SSSR count). The molecular formula is C43H73ClN2O14S. The van der Waals surface area contributed by atoms with E-state index < -0.39 is 118 Å². The number of esters is 1. The molecule has 18 heteroatoms. The van der Waals surface area contributed by atoms with Crippen LogP contribution in [0.15, 0.2) is 29.2 Å². The fourth-order valence-corrected chi connectivity index (χ4v) is 11.3. The molecule has 3 heterocycles. The number of cyclic esters (lactones) is 1. The van der Waals surface area contributed by atoms with Crippen molar-refractivity contribution < 1.29 is 67.2 Å². The van der Waals surface area contributed by atoms with Crippen LogP contribution in [-0.2, 0) is 43.2 Å². The molecule has 16 nitrogen and oxygen atoms in total. The first kappa shape index (κ1) is 52.1. The summed E-state index contributed by atoms with van der Waals surface area (Å²) in [4.78, 5) is 16.2. The molecule has 0 amide bonds. The van der Waals surface area contributed by atoms with Crippen molar-refractivity contribution in [3.05, 3.63) is 29.3 Å². The number of sulfonamides is 1. The largest absolute Gasteiger partial charge is 0.459 e. The van der Waals surface area contributed by atoms with Crippen LogP contribution < -0.4 is 4.72 Å². The number of ether oxygens (including phenoxy) is 6. The number of hydrogen-bond donors (Lipinski definition) is 6. The minimum Gasteiger partial charge on any atom is -0.459 e. The number of methoxy groups -OCH3 is 1. The maximum absolute atomic E-state index is 14.4. The van der Waals surface area contributed by atoms with Gasteiger partial charge in [-0.05, 0) is 105 Å². The molecule has 2 unspecified atom stereocenters. The van der Waals surface area contributed by atoms with Gasteiger partial charge in [-0.25, -0.2) is 13.1 Å². The molecule has 352 valence electrons. The number of halogens is 1. The SMILES string of the molecule is CCC1OC(=O)[C@H](C)C(O[C@H]2C[C@@](C)(OC)[C@@H](O)[C@H](C)O2)[C@H](C)[C@@H](O[C@@H]2O[C@H](C)C[C@H](N(C)C)[C@H]2O)[C@](C)(O)C[C@@H](C)[C@H](NS(=O)(=O)c2ccc(Cl)cc2)[C@H](C)[C@@H](O)[C@]1(C)O. The van der Waals surface area contributed by atoms with Gasteiger partial charge in [0.2, 0.25) is 10.0 Å². The first-order valence-electron chi connectivity index (χ1n) is 21.4. The summed E-state index contributed by atoms with van der Waals surface area (Å²) in [6.07, 6.45) is -10.5.